The van der Waals surface area contributed by atoms with Crippen molar-refractivity contribution in [2.24, 2.45) is 0 Å². The van der Waals surface area contributed by atoms with Gasteiger partial charge in [0.05, 0.1) is 11.8 Å². The summed E-state index contributed by atoms with van der Waals surface area (Å²) in [7, 11) is 0. The highest BCUT2D eigenvalue weighted by Crippen LogP contribution is 2.17. The van der Waals surface area contributed by atoms with Crippen molar-refractivity contribution < 1.29 is 23.9 Å². The molecule has 174 valence electrons. The topological polar surface area (TPSA) is 111 Å². The molecule has 1 aromatic carbocycles. The van der Waals surface area contributed by atoms with Crippen LogP contribution in [0.1, 0.15) is 55.0 Å². The third kappa shape index (κ3) is 6.88. The third-order valence-corrected chi connectivity index (χ3v) is 4.79. The zero-order valence-corrected chi connectivity index (χ0v) is 19.1. The average Bonchev–Trinajstić information content (AvgIpc) is 3.15. The first-order valence-electron chi connectivity index (χ1n) is 10.6. The van der Waals surface area contributed by atoms with Crippen molar-refractivity contribution in [2.75, 3.05) is 11.9 Å². The maximum absolute atomic E-state index is 12.6. The lowest BCUT2D eigenvalue weighted by molar-refractivity contribution is 0.0641. The Morgan fingerprint density at radius 2 is 1.85 bits per heavy atom. The van der Waals surface area contributed by atoms with Crippen molar-refractivity contribution in [1.29, 1.82) is 0 Å². The molecule has 2 aromatic heterocycles. The number of nitrogens with one attached hydrogen (secondary N) is 2. The molecule has 0 atom stereocenters. The maximum atomic E-state index is 12.6. The average molecular weight is 453 g/mol. The SMILES string of the molecule is CC(C)OCCC(C)(C)NC(=O)Oc1ccc(C(=O)Nc2ccc3nc(C=O)cn3c2)cc1. The van der Waals surface area contributed by atoms with E-state index in [2.05, 4.69) is 15.6 Å². The number of pyridine rings is 1. The number of benzene rings is 1. The number of hydrogen-bond acceptors (Lipinski definition) is 6. The van der Waals surface area contributed by atoms with Crippen molar-refractivity contribution in [3.8, 4) is 5.75 Å². The highest BCUT2D eigenvalue weighted by atomic mass is 16.6. The Morgan fingerprint density at radius 1 is 1.12 bits per heavy atom. The largest absolute Gasteiger partial charge is 0.413 e. The monoisotopic (exact) mass is 452 g/mol. The molecule has 0 unspecified atom stereocenters. The standard InChI is InChI=1S/C24H28N4O5/c1-16(2)32-12-11-24(3,4)27-23(31)33-20-8-5-17(6-9-20)22(30)26-18-7-10-21-25-19(15-29)14-28(21)13-18/h5-10,13-16H,11-12H2,1-4H3,(H,26,30)(H,27,31). The molecule has 2 amide bonds. The number of anilines is 1. The van der Waals surface area contributed by atoms with Crippen LogP contribution in [0, 0.1) is 0 Å². The van der Waals surface area contributed by atoms with Gasteiger partial charge in [0.1, 0.15) is 17.1 Å². The molecule has 0 aliphatic heterocycles. The molecule has 9 heteroatoms. The first-order chi connectivity index (χ1) is 15.6. The van der Waals surface area contributed by atoms with Crippen LogP contribution in [0.2, 0.25) is 0 Å². The molecule has 0 saturated carbocycles. The van der Waals surface area contributed by atoms with Gasteiger partial charge in [0.25, 0.3) is 5.91 Å². The normalized spacial score (nSPS) is 11.4. The van der Waals surface area contributed by atoms with E-state index in [0.29, 0.717) is 47.7 Å². The maximum Gasteiger partial charge on any atom is 0.413 e. The molecule has 9 nitrogen and oxygen atoms in total. The van der Waals surface area contributed by atoms with Crippen molar-refractivity contribution in [2.45, 2.75) is 45.8 Å². The number of carbonyl (C=O) groups excluding carboxylic acids is 3. The number of fused-ring (bicyclic) bond motifs is 1. The van der Waals surface area contributed by atoms with E-state index < -0.39 is 11.6 Å². The number of aldehydes is 1. The van der Waals surface area contributed by atoms with E-state index >= 15 is 0 Å². The summed E-state index contributed by atoms with van der Waals surface area (Å²) in [5.41, 5.74) is 1.36. The Balaban J connectivity index is 1.55. The molecule has 2 heterocycles. The van der Waals surface area contributed by atoms with Crippen LogP contribution in [-0.2, 0) is 4.74 Å². The van der Waals surface area contributed by atoms with Gasteiger partial charge in [-0.05, 0) is 70.5 Å². The first-order valence-corrected chi connectivity index (χ1v) is 10.6. The lowest BCUT2D eigenvalue weighted by Gasteiger charge is -2.26. The summed E-state index contributed by atoms with van der Waals surface area (Å²) in [5.74, 6) is -0.00753. The molecule has 0 fully saturated rings. The second-order valence-electron chi connectivity index (χ2n) is 8.51. The van der Waals surface area contributed by atoms with Crippen LogP contribution in [0.25, 0.3) is 5.65 Å². The van der Waals surface area contributed by atoms with Crippen LogP contribution in [-0.4, -0.2) is 45.9 Å². The Hall–Kier alpha value is -3.72. The fourth-order valence-electron chi connectivity index (χ4n) is 3.04. The third-order valence-electron chi connectivity index (χ3n) is 4.79. The molecule has 3 aromatic rings. The van der Waals surface area contributed by atoms with Gasteiger partial charge >= 0.3 is 6.09 Å². The smallest absolute Gasteiger partial charge is 0.410 e. The molecule has 0 aliphatic rings. The lowest BCUT2D eigenvalue weighted by atomic mass is 10.0. The van der Waals surface area contributed by atoms with Crippen molar-refractivity contribution in [1.82, 2.24) is 14.7 Å². The van der Waals surface area contributed by atoms with Crippen molar-refractivity contribution in [3.63, 3.8) is 0 Å². The molecule has 3 rings (SSSR count). The molecule has 0 radical (unpaired) electrons. The number of amides is 2. The number of rotatable bonds is 9. The number of imidazole rings is 1. The van der Waals surface area contributed by atoms with E-state index in [1.165, 1.54) is 0 Å². The second-order valence-corrected chi connectivity index (χ2v) is 8.51. The molecule has 0 bridgehead atoms. The Morgan fingerprint density at radius 3 is 2.52 bits per heavy atom. The molecule has 2 N–H and O–H groups in total. The zero-order valence-electron chi connectivity index (χ0n) is 19.1. The van der Waals surface area contributed by atoms with Crippen molar-refractivity contribution in [3.05, 3.63) is 60.0 Å². The van der Waals surface area contributed by atoms with Crippen LogP contribution in [0.4, 0.5) is 10.5 Å². The summed E-state index contributed by atoms with van der Waals surface area (Å²) in [6, 6.07) is 9.65. The van der Waals surface area contributed by atoms with E-state index in [9.17, 15) is 14.4 Å². The minimum Gasteiger partial charge on any atom is -0.410 e. The van der Waals surface area contributed by atoms with E-state index in [1.54, 1.807) is 53.2 Å². The first kappa shape index (κ1) is 23.9. The number of carbonyl (C=O) groups is 3. The van der Waals surface area contributed by atoms with Gasteiger partial charge in [-0.15, -0.1) is 0 Å². The summed E-state index contributed by atoms with van der Waals surface area (Å²) in [4.78, 5) is 39.8. The van der Waals surface area contributed by atoms with E-state index in [-0.39, 0.29) is 12.0 Å². The minimum absolute atomic E-state index is 0.132. The van der Waals surface area contributed by atoms with Gasteiger partial charge in [-0.2, -0.15) is 0 Å². The zero-order chi connectivity index (χ0) is 24.0. The minimum atomic E-state index is -0.579. The van der Waals surface area contributed by atoms with Gasteiger partial charge in [0.15, 0.2) is 6.29 Å². The fourth-order valence-corrected chi connectivity index (χ4v) is 3.04. The molecular formula is C24H28N4O5. The van der Waals surface area contributed by atoms with Gasteiger partial charge in [0.2, 0.25) is 0 Å². The molecular weight excluding hydrogens is 424 g/mol. The Labute approximate surface area is 192 Å². The number of aromatic nitrogens is 2. The molecule has 0 saturated heterocycles. The van der Waals surface area contributed by atoms with Gasteiger partial charge in [0, 0.05) is 30.1 Å². The molecule has 33 heavy (non-hydrogen) atoms. The lowest BCUT2D eigenvalue weighted by Crippen LogP contribution is -2.45. The Kier molecular flexibility index (Phi) is 7.44. The van der Waals surface area contributed by atoms with E-state index in [0.717, 1.165) is 0 Å². The molecule has 0 aliphatic carbocycles. The predicted octanol–water partition coefficient (Wildman–Crippen LogP) is 4.08. The summed E-state index contributed by atoms with van der Waals surface area (Å²) in [6.45, 7) is 8.24. The van der Waals surface area contributed by atoms with Crippen LogP contribution < -0.4 is 15.4 Å². The predicted molar refractivity (Wildman–Crippen MR) is 124 cm³/mol. The van der Waals surface area contributed by atoms with Crippen LogP contribution >= 0.6 is 0 Å². The highest BCUT2D eigenvalue weighted by molar-refractivity contribution is 6.04. The van der Waals surface area contributed by atoms with Crippen LogP contribution in [0.3, 0.4) is 0 Å². The summed E-state index contributed by atoms with van der Waals surface area (Å²) in [6.07, 6.45) is 4.10. The number of nitrogens with zero attached hydrogens (tertiary/aromatic N) is 2. The quantitative estimate of drug-likeness (QED) is 0.473. The number of ether oxygens (including phenoxy) is 2. The van der Waals surface area contributed by atoms with Gasteiger partial charge in [-0.25, -0.2) is 9.78 Å². The summed E-state index contributed by atoms with van der Waals surface area (Å²) < 4.78 is 12.5. The van der Waals surface area contributed by atoms with Gasteiger partial charge in [-0.1, -0.05) is 0 Å². The van der Waals surface area contributed by atoms with Crippen LogP contribution in [0.15, 0.2) is 48.8 Å². The van der Waals surface area contributed by atoms with E-state index in [1.807, 2.05) is 27.7 Å². The van der Waals surface area contributed by atoms with Gasteiger partial charge < -0.3 is 24.5 Å². The number of hydrogen-bond donors (Lipinski definition) is 2. The van der Waals surface area contributed by atoms with Crippen molar-refractivity contribution >= 4 is 29.6 Å². The summed E-state index contributed by atoms with van der Waals surface area (Å²) >= 11 is 0. The van der Waals surface area contributed by atoms with E-state index in [4.69, 9.17) is 9.47 Å². The summed E-state index contributed by atoms with van der Waals surface area (Å²) in [5, 5.41) is 5.61. The van der Waals surface area contributed by atoms with Crippen LogP contribution in [0.5, 0.6) is 5.75 Å². The Bertz CT molecular complexity index is 1140. The second kappa shape index (κ2) is 10.3. The fraction of sp³-hybridized carbons (Fsp3) is 0.333. The molecule has 0 spiro atoms. The van der Waals surface area contributed by atoms with Gasteiger partial charge in [-0.3, -0.25) is 9.59 Å². The highest BCUT2D eigenvalue weighted by Gasteiger charge is 2.21.